The van der Waals surface area contributed by atoms with Gasteiger partial charge < -0.3 is 4.90 Å². The minimum absolute atomic E-state index is 0.119. The lowest BCUT2D eigenvalue weighted by atomic mass is 10.1. The Hall–Kier alpha value is -3.05. The Labute approximate surface area is 238 Å². The van der Waals surface area contributed by atoms with E-state index in [0.717, 1.165) is 49.0 Å². The van der Waals surface area contributed by atoms with E-state index in [-0.39, 0.29) is 16.3 Å². The van der Waals surface area contributed by atoms with Crippen molar-refractivity contribution in [3.8, 4) is 0 Å². The molecule has 0 saturated carbocycles. The van der Waals surface area contributed by atoms with Crippen LogP contribution in [0.15, 0.2) is 93.1 Å². The molecule has 0 spiro atoms. The molecule has 2 saturated heterocycles. The van der Waals surface area contributed by atoms with Crippen molar-refractivity contribution in [2.24, 2.45) is 4.40 Å². The predicted octanol–water partition coefficient (Wildman–Crippen LogP) is 4.58. The lowest BCUT2D eigenvalue weighted by molar-refractivity contribution is 0.235. The van der Waals surface area contributed by atoms with E-state index in [4.69, 9.17) is 0 Å². The van der Waals surface area contributed by atoms with Gasteiger partial charge >= 0.3 is 0 Å². The molecule has 2 aliphatic heterocycles. The molecule has 1 atom stereocenters. The van der Waals surface area contributed by atoms with Gasteiger partial charge in [0.15, 0.2) is 0 Å². The van der Waals surface area contributed by atoms with Gasteiger partial charge in [-0.25, -0.2) is 8.42 Å². The van der Waals surface area contributed by atoms with Crippen molar-refractivity contribution in [2.75, 3.05) is 32.7 Å². The Bertz CT molecular complexity index is 1550. The monoisotopic (exact) mass is 580 g/mol. The van der Waals surface area contributed by atoms with Crippen LogP contribution in [-0.2, 0) is 20.0 Å². The molecule has 0 radical (unpaired) electrons. The van der Waals surface area contributed by atoms with Crippen LogP contribution in [0, 0.1) is 13.8 Å². The van der Waals surface area contributed by atoms with E-state index in [2.05, 4.69) is 9.30 Å². The number of rotatable bonds is 7. The zero-order valence-electron chi connectivity index (χ0n) is 23.0. The molecular weight excluding hydrogens is 544 g/mol. The van der Waals surface area contributed by atoms with Gasteiger partial charge in [-0.3, -0.25) is 4.90 Å². The molecule has 0 aromatic heterocycles. The maximum absolute atomic E-state index is 14.0. The lowest BCUT2D eigenvalue weighted by Gasteiger charge is -2.35. The van der Waals surface area contributed by atoms with Crippen molar-refractivity contribution >= 4 is 25.9 Å². The second kappa shape index (κ2) is 11.8. The highest BCUT2D eigenvalue weighted by Gasteiger charge is 2.43. The van der Waals surface area contributed by atoms with Crippen molar-refractivity contribution in [3.63, 3.8) is 0 Å². The molecule has 8 nitrogen and oxygen atoms in total. The molecule has 3 aromatic carbocycles. The molecule has 0 amide bonds. The average Bonchev–Trinajstić information content (AvgIpc) is 3.40. The highest BCUT2D eigenvalue weighted by Crippen LogP contribution is 2.36. The molecule has 10 heteroatoms. The van der Waals surface area contributed by atoms with E-state index in [1.54, 1.807) is 48.5 Å². The first-order valence-electron chi connectivity index (χ1n) is 13.7. The van der Waals surface area contributed by atoms with Crippen molar-refractivity contribution < 1.29 is 16.8 Å². The fourth-order valence-electron chi connectivity index (χ4n) is 5.34. The molecule has 40 heavy (non-hydrogen) atoms. The van der Waals surface area contributed by atoms with E-state index in [1.807, 2.05) is 49.1 Å². The Kier molecular flexibility index (Phi) is 8.42. The second-order valence-corrected chi connectivity index (χ2v) is 14.0. The largest absolute Gasteiger partial charge is 0.336 e. The zero-order chi connectivity index (χ0) is 28.3. The van der Waals surface area contributed by atoms with Crippen molar-refractivity contribution in [2.45, 2.75) is 49.1 Å². The van der Waals surface area contributed by atoms with E-state index in [9.17, 15) is 16.8 Å². The zero-order valence-corrected chi connectivity index (χ0v) is 24.6. The third-order valence-corrected chi connectivity index (χ3v) is 10.7. The summed E-state index contributed by atoms with van der Waals surface area (Å²) in [5.74, 6) is 0.359. The number of piperidine rings is 1. The van der Waals surface area contributed by atoms with Crippen LogP contribution in [0.5, 0.6) is 0 Å². The number of sulfonamides is 2. The Morgan fingerprint density at radius 2 is 1.30 bits per heavy atom. The molecule has 2 heterocycles. The maximum atomic E-state index is 14.0. The number of amidine groups is 1. The smallest absolute Gasteiger partial charge is 0.283 e. The van der Waals surface area contributed by atoms with Gasteiger partial charge in [-0.2, -0.15) is 12.7 Å². The topological polar surface area (TPSA) is 90.4 Å². The molecule has 0 N–H and O–H groups in total. The quantitative estimate of drug-likeness (QED) is 0.300. The van der Waals surface area contributed by atoms with Crippen LogP contribution >= 0.6 is 0 Å². The fraction of sp³-hybridized carbons (Fsp3) is 0.367. The van der Waals surface area contributed by atoms with Gasteiger partial charge in [0.05, 0.1) is 16.3 Å². The second-order valence-electron chi connectivity index (χ2n) is 10.5. The maximum Gasteiger partial charge on any atom is 0.283 e. The predicted molar refractivity (Wildman–Crippen MR) is 157 cm³/mol. The SMILES string of the molecule is Cc1ccc(S(=O)(=O)N=C(CN2CCCCC2)N2CCN(S(=O)(=O)c3ccc(C)cc3)C2c2ccccc2)cc1. The highest BCUT2D eigenvalue weighted by molar-refractivity contribution is 7.90. The van der Waals surface area contributed by atoms with Crippen molar-refractivity contribution in [3.05, 3.63) is 95.6 Å². The van der Waals surface area contributed by atoms with Gasteiger partial charge in [-0.15, -0.1) is 4.40 Å². The van der Waals surface area contributed by atoms with E-state index >= 15 is 0 Å². The summed E-state index contributed by atoms with van der Waals surface area (Å²) >= 11 is 0. The van der Waals surface area contributed by atoms with Gasteiger partial charge in [0.2, 0.25) is 10.0 Å². The molecule has 2 aliphatic rings. The number of benzene rings is 3. The molecule has 3 aromatic rings. The average molecular weight is 581 g/mol. The molecule has 2 fully saturated rings. The summed E-state index contributed by atoms with van der Waals surface area (Å²) in [6.45, 7) is 6.36. The summed E-state index contributed by atoms with van der Waals surface area (Å²) in [4.78, 5) is 4.41. The standard InChI is InChI=1S/C30H36N4O4S2/c1-24-11-15-27(16-12-24)39(35,36)31-29(23-32-19-7-4-8-20-32)33-21-22-34(30(33)26-9-5-3-6-10-26)40(37,38)28-17-13-25(2)14-18-28/h3,5-6,9-18,30H,4,7-8,19-23H2,1-2H3. The normalized spacial score (nSPS) is 19.7. The summed E-state index contributed by atoms with van der Waals surface area (Å²) < 4.78 is 60.9. The van der Waals surface area contributed by atoms with E-state index in [0.29, 0.717) is 18.9 Å². The third kappa shape index (κ3) is 6.15. The molecular formula is C30H36N4O4S2. The Morgan fingerprint density at radius 1 is 0.725 bits per heavy atom. The fourth-order valence-corrected chi connectivity index (χ4v) is 7.93. The van der Waals surface area contributed by atoms with Crippen LogP contribution in [0.1, 0.15) is 42.1 Å². The van der Waals surface area contributed by atoms with Crippen LogP contribution in [0.3, 0.4) is 0 Å². The third-order valence-electron chi connectivity index (χ3n) is 7.54. The summed E-state index contributed by atoms with van der Waals surface area (Å²) in [5, 5.41) is 0. The Morgan fingerprint density at radius 3 is 1.90 bits per heavy atom. The van der Waals surface area contributed by atoms with Gasteiger partial charge in [-0.05, 0) is 69.6 Å². The first kappa shape index (κ1) is 28.5. The van der Waals surface area contributed by atoms with Crippen molar-refractivity contribution in [1.82, 2.24) is 14.1 Å². The van der Waals surface area contributed by atoms with Crippen molar-refractivity contribution in [1.29, 1.82) is 0 Å². The summed E-state index contributed by atoms with van der Waals surface area (Å²) in [5.41, 5.74) is 2.69. The number of likely N-dealkylation sites (tertiary alicyclic amines) is 1. The minimum Gasteiger partial charge on any atom is -0.336 e. The number of aryl methyl sites for hydroxylation is 2. The highest BCUT2D eigenvalue weighted by atomic mass is 32.2. The van der Waals surface area contributed by atoms with Crippen LogP contribution in [-0.4, -0.2) is 69.5 Å². The van der Waals surface area contributed by atoms with Crippen LogP contribution < -0.4 is 0 Å². The van der Waals surface area contributed by atoms with Gasteiger partial charge in [-0.1, -0.05) is 72.1 Å². The van der Waals surface area contributed by atoms with Gasteiger partial charge in [0.25, 0.3) is 10.0 Å². The molecule has 1 unspecified atom stereocenters. The molecule has 0 aliphatic carbocycles. The van der Waals surface area contributed by atoms with Crippen LogP contribution in [0.2, 0.25) is 0 Å². The first-order chi connectivity index (χ1) is 19.1. The summed E-state index contributed by atoms with van der Waals surface area (Å²) in [7, 11) is -7.91. The van der Waals surface area contributed by atoms with Crippen LogP contribution in [0.25, 0.3) is 0 Å². The number of nitrogens with zero attached hydrogens (tertiary/aromatic N) is 4. The molecule has 0 bridgehead atoms. The molecule has 212 valence electrons. The van der Waals surface area contributed by atoms with Gasteiger partial charge in [0.1, 0.15) is 12.0 Å². The van der Waals surface area contributed by atoms with Gasteiger partial charge in [0, 0.05) is 13.1 Å². The van der Waals surface area contributed by atoms with E-state index < -0.39 is 26.2 Å². The molecule has 5 rings (SSSR count). The summed E-state index contributed by atoms with van der Waals surface area (Å²) in [6, 6.07) is 22.9. The number of hydrogen-bond acceptors (Lipinski definition) is 5. The number of hydrogen-bond donors (Lipinski definition) is 0. The minimum atomic E-state index is -4.03. The van der Waals surface area contributed by atoms with Crippen LogP contribution in [0.4, 0.5) is 0 Å². The first-order valence-corrected chi connectivity index (χ1v) is 16.6. The lowest BCUT2D eigenvalue weighted by Crippen LogP contribution is -2.44. The summed E-state index contributed by atoms with van der Waals surface area (Å²) in [6.07, 6.45) is 2.48. The Balaban J connectivity index is 1.59. The van der Waals surface area contributed by atoms with E-state index in [1.165, 1.54) is 4.31 Å².